The molecule has 0 spiro atoms. The van der Waals surface area contributed by atoms with E-state index in [9.17, 15) is 9.18 Å². The summed E-state index contributed by atoms with van der Waals surface area (Å²) in [5.41, 5.74) is 1.47. The van der Waals surface area contributed by atoms with E-state index in [1.54, 1.807) is 18.3 Å². The monoisotopic (exact) mass is 479 g/mol. The highest BCUT2D eigenvalue weighted by Crippen LogP contribution is 2.31. The highest BCUT2D eigenvalue weighted by Gasteiger charge is 2.28. The second-order valence-electron chi connectivity index (χ2n) is 9.50. The van der Waals surface area contributed by atoms with Gasteiger partial charge in [0.1, 0.15) is 11.6 Å². The zero-order valence-electron chi connectivity index (χ0n) is 19.6. The van der Waals surface area contributed by atoms with E-state index in [2.05, 4.69) is 25.1 Å². The Balaban J connectivity index is 1.12. The van der Waals surface area contributed by atoms with Crippen LogP contribution in [0.4, 0.5) is 10.2 Å². The third-order valence-electron chi connectivity index (χ3n) is 7.01. The zero-order valence-corrected chi connectivity index (χ0v) is 19.6. The maximum Gasteiger partial charge on any atom is 0.303 e. The minimum Gasteiger partial charge on any atom is -0.481 e. The molecule has 0 bridgehead atoms. The van der Waals surface area contributed by atoms with E-state index in [1.165, 1.54) is 12.1 Å². The zero-order chi connectivity index (χ0) is 24.2. The summed E-state index contributed by atoms with van der Waals surface area (Å²) < 4.78 is 19.9. The molecule has 9 heteroatoms. The van der Waals surface area contributed by atoms with Crippen LogP contribution in [0.1, 0.15) is 44.9 Å². The van der Waals surface area contributed by atoms with Crippen LogP contribution in [-0.4, -0.2) is 56.5 Å². The lowest BCUT2D eigenvalue weighted by Gasteiger charge is -2.36. The SMILES string of the molecule is O=C(O)C[C@H]1CC[C@H](OC2CCN(c3ccc(-c4nnc(-c5cccc(F)c5)[nH]4)cn3)CC2)CC1. The molecule has 2 fully saturated rings. The van der Waals surface area contributed by atoms with Crippen molar-refractivity contribution in [2.24, 2.45) is 5.92 Å². The van der Waals surface area contributed by atoms with Crippen LogP contribution < -0.4 is 4.90 Å². The van der Waals surface area contributed by atoms with Gasteiger partial charge in [-0.25, -0.2) is 9.37 Å². The van der Waals surface area contributed by atoms with Crippen LogP contribution in [0.25, 0.3) is 22.8 Å². The fraction of sp³-hybridized carbons (Fsp3) is 0.462. The Morgan fingerprint density at radius 1 is 1.00 bits per heavy atom. The molecule has 8 nitrogen and oxygen atoms in total. The summed E-state index contributed by atoms with van der Waals surface area (Å²) in [5, 5.41) is 17.3. The number of ether oxygens (including phenoxy) is 1. The highest BCUT2D eigenvalue weighted by atomic mass is 19.1. The minimum absolute atomic E-state index is 0.252. The number of H-pyrrole nitrogens is 1. The molecule has 2 aliphatic rings. The lowest BCUT2D eigenvalue weighted by molar-refractivity contribution is -0.138. The molecule has 1 aliphatic heterocycles. The van der Waals surface area contributed by atoms with Gasteiger partial charge >= 0.3 is 5.97 Å². The maximum absolute atomic E-state index is 13.5. The van der Waals surface area contributed by atoms with Crippen molar-refractivity contribution in [1.82, 2.24) is 20.2 Å². The largest absolute Gasteiger partial charge is 0.481 e. The number of hydrogen-bond donors (Lipinski definition) is 2. The number of aliphatic carboxylic acids is 1. The molecule has 0 amide bonds. The number of hydrogen-bond acceptors (Lipinski definition) is 6. The quantitative estimate of drug-likeness (QED) is 0.506. The molecule has 5 rings (SSSR count). The molecule has 3 aromatic rings. The fourth-order valence-corrected chi connectivity index (χ4v) is 5.08. The predicted octanol–water partition coefficient (Wildman–Crippen LogP) is 4.69. The Morgan fingerprint density at radius 3 is 2.37 bits per heavy atom. The van der Waals surface area contributed by atoms with Gasteiger partial charge in [0, 0.05) is 36.8 Å². The van der Waals surface area contributed by atoms with Crippen LogP contribution in [0, 0.1) is 11.7 Å². The van der Waals surface area contributed by atoms with E-state index in [0.29, 0.717) is 23.1 Å². The van der Waals surface area contributed by atoms with Crippen molar-refractivity contribution < 1.29 is 19.0 Å². The van der Waals surface area contributed by atoms with E-state index in [-0.39, 0.29) is 24.4 Å². The summed E-state index contributed by atoms with van der Waals surface area (Å²) in [7, 11) is 0. The fourth-order valence-electron chi connectivity index (χ4n) is 5.08. The normalized spacial score (nSPS) is 21.2. The lowest BCUT2D eigenvalue weighted by Crippen LogP contribution is -2.39. The molecule has 1 aliphatic carbocycles. The second-order valence-corrected chi connectivity index (χ2v) is 9.50. The van der Waals surface area contributed by atoms with Crippen LogP contribution in [0.5, 0.6) is 0 Å². The summed E-state index contributed by atoms with van der Waals surface area (Å²) in [6.07, 6.45) is 8.30. The van der Waals surface area contributed by atoms with Crippen molar-refractivity contribution in [2.75, 3.05) is 18.0 Å². The number of pyridine rings is 1. The van der Waals surface area contributed by atoms with Crippen LogP contribution in [0.3, 0.4) is 0 Å². The Kier molecular flexibility index (Phi) is 7.03. The van der Waals surface area contributed by atoms with Crippen molar-refractivity contribution in [1.29, 1.82) is 0 Å². The number of aromatic nitrogens is 4. The number of aromatic amines is 1. The van der Waals surface area contributed by atoms with Gasteiger partial charge in [-0.15, -0.1) is 10.2 Å². The van der Waals surface area contributed by atoms with Crippen LogP contribution in [0.2, 0.25) is 0 Å². The number of nitrogens with one attached hydrogen (secondary N) is 1. The number of carboxylic acids is 1. The average molecular weight is 480 g/mol. The van der Waals surface area contributed by atoms with Crippen LogP contribution >= 0.6 is 0 Å². The van der Waals surface area contributed by atoms with Gasteiger partial charge in [-0.05, 0) is 68.7 Å². The summed E-state index contributed by atoms with van der Waals surface area (Å²) in [5.74, 6) is 1.32. The van der Waals surface area contributed by atoms with Gasteiger partial charge in [0.05, 0.1) is 12.2 Å². The Labute approximate surface area is 203 Å². The predicted molar refractivity (Wildman–Crippen MR) is 129 cm³/mol. The molecule has 35 heavy (non-hydrogen) atoms. The molecule has 1 saturated carbocycles. The third-order valence-corrected chi connectivity index (χ3v) is 7.01. The van der Waals surface area contributed by atoms with E-state index in [1.807, 2.05) is 12.1 Å². The molecule has 184 valence electrons. The third kappa shape index (κ3) is 5.85. The summed E-state index contributed by atoms with van der Waals surface area (Å²) in [6.45, 7) is 1.77. The Morgan fingerprint density at radius 2 is 1.71 bits per heavy atom. The van der Waals surface area contributed by atoms with Crippen LogP contribution in [0.15, 0.2) is 42.6 Å². The number of nitrogens with zero attached hydrogens (tertiary/aromatic N) is 4. The van der Waals surface area contributed by atoms with Gasteiger partial charge in [-0.1, -0.05) is 12.1 Å². The first kappa shape index (κ1) is 23.4. The van der Waals surface area contributed by atoms with E-state index in [0.717, 1.165) is 63.0 Å². The summed E-state index contributed by atoms with van der Waals surface area (Å²) in [4.78, 5) is 21.0. The number of halogens is 1. The van der Waals surface area contributed by atoms with Gasteiger partial charge in [0.25, 0.3) is 0 Å². The van der Waals surface area contributed by atoms with Crippen molar-refractivity contribution in [3.05, 3.63) is 48.4 Å². The lowest BCUT2D eigenvalue weighted by atomic mass is 9.85. The molecule has 0 unspecified atom stereocenters. The molecule has 0 atom stereocenters. The van der Waals surface area contributed by atoms with Gasteiger partial charge in [-0.3, -0.25) is 4.79 Å². The summed E-state index contributed by atoms with van der Waals surface area (Å²) >= 11 is 0. The van der Waals surface area contributed by atoms with E-state index < -0.39 is 5.97 Å². The van der Waals surface area contributed by atoms with Crippen LogP contribution in [-0.2, 0) is 9.53 Å². The first-order chi connectivity index (χ1) is 17.0. The smallest absolute Gasteiger partial charge is 0.303 e. The van der Waals surface area contributed by atoms with Crippen molar-refractivity contribution in [2.45, 2.75) is 57.2 Å². The van der Waals surface area contributed by atoms with E-state index >= 15 is 0 Å². The topological polar surface area (TPSA) is 104 Å². The van der Waals surface area contributed by atoms with Gasteiger partial charge in [0.15, 0.2) is 11.6 Å². The van der Waals surface area contributed by atoms with Gasteiger partial charge in [-0.2, -0.15) is 0 Å². The molecular weight excluding hydrogens is 449 g/mol. The molecule has 2 aromatic heterocycles. The number of piperidine rings is 1. The highest BCUT2D eigenvalue weighted by molar-refractivity contribution is 5.67. The Hall–Kier alpha value is -3.33. The standard InChI is InChI=1S/C26H30FN5O3/c27-20-3-1-2-18(15-20)25-29-26(31-30-25)19-6-9-23(28-16-19)32-12-10-22(11-13-32)35-21-7-4-17(5-8-21)14-24(33)34/h1-3,6,9,15-17,21-22H,4-5,7-8,10-14H2,(H,33,34)(H,29,30,31)/t17-,21-. The first-order valence-corrected chi connectivity index (χ1v) is 12.3. The summed E-state index contributed by atoms with van der Waals surface area (Å²) in [6, 6.07) is 10.2. The van der Waals surface area contributed by atoms with Gasteiger partial charge in [0.2, 0.25) is 0 Å². The van der Waals surface area contributed by atoms with E-state index in [4.69, 9.17) is 9.84 Å². The number of rotatable bonds is 7. The number of carboxylic acid groups (broad SMARTS) is 1. The molecular formula is C26H30FN5O3. The first-order valence-electron chi connectivity index (χ1n) is 12.3. The molecule has 2 N–H and O–H groups in total. The van der Waals surface area contributed by atoms with Gasteiger partial charge < -0.3 is 19.7 Å². The van der Waals surface area contributed by atoms with Crippen molar-refractivity contribution in [3.8, 4) is 22.8 Å². The molecule has 1 aromatic carbocycles. The number of benzene rings is 1. The molecule has 3 heterocycles. The minimum atomic E-state index is -0.696. The number of anilines is 1. The molecule has 1 saturated heterocycles. The van der Waals surface area contributed by atoms with Crippen molar-refractivity contribution >= 4 is 11.8 Å². The molecule has 0 radical (unpaired) electrons. The average Bonchev–Trinajstić information content (AvgIpc) is 3.36. The van der Waals surface area contributed by atoms with Crippen molar-refractivity contribution in [3.63, 3.8) is 0 Å². The maximum atomic E-state index is 13.5. The number of carbonyl (C=O) groups is 1. The second kappa shape index (κ2) is 10.5. The Bertz CT molecular complexity index is 1140.